The lowest BCUT2D eigenvalue weighted by atomic mass is 10.1. The van der Waals surface area contributed by atoms with Crippen molar-refractivity contribution in [2.45, 2.75) is 90.4 Å². The molecule has 1 aliphatic rings. The highest BCUT2D eigenvalue weighted by atomic mass is 16.5. The summed E-state index contributed by atoms with van der Waals surface area (Å²) in [5.41, 5.74) is 0. The van der Waals surface area contributed by atoms with Crippen LogP contribution in [-0.4, -0.2) is 26.3 Å². The summed E-state index contributed by atoms with van der Waals surface area (Å²) in [6, 6.07) is 0. The van der Waals surface area contributed by atoms with Crippen LogP contribution >= 0.6 is 0 Å². The second kappa shape index (κ2) is 14.8. The summed E-state index contributed by atoms with van der Waals surface area (Å²) >= 11 is 0. The van der Waals surface area contributed by atoms with E-state index in [1.807, 2.05) is 0 Å². The zero-order valence-electron chi connectivity index (χ0n) is 14.5. The van der Waals surface area contributed by atoms with Crippen molar-refractivity contribution in [2.24, 2.45) is 5.92 Å². The first-order valence-electron chi connectivity index (χ1n) is 9.72. The topological polar surface area (TPSA) is 21.3 Å². The second-order valence-corrected chi connectivity index (χ2v) is 6.80. The number of unbranched alkanes of at least 4 members (excludes halogenated alkanes) is 9. The van der Waals surface area contributed by atoms with Gasteiger partial charge in [0.15, 0.2) is 0 Å². The maximum atomic E-state index is 5.62. The molecule has 1 rings (SSSR count). The van der Waals surface area contributed by atoms with E-state index in [-0.39, 0.29) is 0 Å². The fraction of sp³-hybridized carbons (Fsp3) is 1.00. The van der Waals surface area contributed by atoms with Crippen LogP contribution in [0, 0.1) is 5.92 Å². The predicted molar refractivity (Wildman–Crippen MR) is 92.9 cm³/mol. The lowest BCUT2D eigenvalue weighted by Gasteiger charge is -2.06. The number of ether oxygens (including phenoxy) is 1. The highest BCUT2D eigenvalue weighted by molar-refractivity contribution is 4.71. The van der Waals surface area contributed by atoms with Gasteiger partial charge in [0, 0.05) is 13.2 Å². The Balaban J connectivity index is 1.59. The number of rotatable bonds is 17. The first-order valence-corrected chi connectivity index (χ1v) is 9.72. The van der Waals surface area contributed by atoms with Gasteiger partial charge in [-0.05, 0) is 44.7 Å². The van der Waals surface area contributed by atoms with Crippen LogP contribution in [0.1, 0.15) is 90.4 Å². The van der Waals surface area contributed by atoms with Crippen molar-refractivity contribution in [2.75, 3.05) is 26.3 Å². The molecule has 1 saturated carbocycles. The molecule has 0 spiro atoms. The lowest BCUT2D eigenvalue weighted by Crippen LogP contribution is -2.18. The van der Waals surface area contributed by atoms with Crippen molar-refractivity contribution >= 4 is 0 Å². The van der Waals surface area contributed by atoms with Crippen molar-refractivity contribution in [3.05, 3.63) is 0 Å². The minimum Gasteiger partial charge on any atom is -0.381 e. The Morgan fingerprint density at radius 1 is 0.762 bits per heavy atom. The largest absolute Gasteiger partial charge is 0.381 e. The average Bonchev–Trinajstić information content (AvgIpc) is 3.31. The highest BCUT2D eigenvalue weighted by Gasteiger charge is 2.20. The number of nitrogens with one attached hydrogen (secondary N) is 1. The Morgan fingerprint density at radius 3 is 1.95 bits per heavy atom. The smallest absolute Gasteiger partial charge is 0.0494 e. The van der Waals surface area contributed by atoms with E-state index in [1.165, 1.54) is 90.0 Å². The van der Waals surface area contributed by atoms with Gasteiger partial charge in [-0.3, -0.25) is 0 Å². The molecule has 2 heteroatoms. The molecule has 21 heavy (non-hydrogen) atoms. The molecule has 0 radical (unpaired) electrons. The summed E-state index contributed by atoms with van der Waals surface area (Å²) < 4.78 is 5.62. The van der Waals surface area contributed by atoms with E-state index in [0.29, 0.717) is 0 Å². The van der Waals surface area contributed by atoms with Crippen LogP contribution in [0.3, 0.4) is 0 Å². The molecule has 0 amide bonds. The minimum atomic E-state index is 0.907. The second-order valence-electron chi connectivity index (χ2n) is 6.80. The van der Waals surface area contributed by atoms with Gasteiger partial charge in [0.25, 0.3) is 0 Å². The molecule has 0 aromatic carbocycles. The first-order chi connectivity index (χ1) is 10.4. The molecule has 126 valence electrons. The molecule has 1 fully saturated rings. The Morgan fingerprint density at radius 2 is 1.33 bits per heavy atom. The molecule has 0 atom stereocenters. The van der Waals surface area contributed by atoms with Crippen LogP contribution in [0.25, 0.3) is 0 Å². The van der Waals surface area contributed by atoms with Crippen LogP contribution in [0.4, 0.5) is 0 Å². The zero-order valence-corrected chi connectivity index (χ0v) is 14.5. The number of hydrogen-bond acceptors (Lipinski definition) is 2. The van der Waals surface area contributed by atoms with E-state index in [9.17, 15) is 0 Å². The van der Waals surface area contributed by atoms with Crippen molar-refractivity contribution in [3.8, 4) is 0 Å². The van der Waals surface area contributed by atoms with E-state index in [1.54, 1.807) is 0 Å². The highest BCUT2D eigenvalue weighted by Crippen LogP contribution is 2.28. The lowest BCUT2D eigenvalue weighted by molar-refractivity contribution is 0.122. The third-order valence-corrected chi connectivity index (χ3v) is 4.40. The Kier molecular flexibility index (Phi) is 13.4. The van der Waals surface area contributed by atoms with Gasteiger partial charge in [-0.2, -0.15) is 0 Å². The van der Waals surface area contributed by atoms with Crippen LogP contribution in [-0.2, 0) is 4.74 Å². The first kappa shape index (κ1) is 19.0. The van der Waals surface area contributed by atoms with Gasteiger partial charge in [0.1, 0.15) is 0 Å². The third kappa shape index (κ3) is 14.6. The van der Waals surface area contributed by atoms with Crippen molar-refractivity contribution in [3.63, 3.8) is 0 Å². The summed E-state index contributed by atoms with van der Waals surface area (Å²) in [6.45, 7) is 6.57. The summed E-state index contributed by atoms with van der Waals surface area (Å²) in [5.74, 6) is 0.907. The molecular weight excluding hydrogens is 258 g/mol. The summed E-state index contributed by atoms with van der Waals surface area (Å²) in [7, 11) is 0. The van der Waals surface area contributed by atoms with Gasteiger partial charge in [-0.15, -0.1) is 0 Å². The average molecular weight is 298 g/mol. The van der Waals surface area contributed by atoms with Gasteiger partial charge in [0.2, 0.25) is 0 Å². The molecule has 0 aromatic heterocycles. The molecule has 0 unspecified atom stereocenters. The monoisotopic (exact) mass is 297 g/mol. The maximum absolute atomic E-state index is 5.62. The quantitative estimate of drug-likeness (QED) is 0.367. The van der Waals surface area contributed by atoms with Gasteiger partial charge in [-0.1, -0.05) is 64.7 Å². The number of hydrogen-bond donors (Lipinski definition) is 1. The Labute approximate surface area is 133 Å². The van der Waals surface area contributed by atoms with Gasteiger partial charge < -0.3 is 10.1 Å². The van der Waals surface area contributed by atoms with Crippen LogP contribution in [0.2, 0.25) is 0 Å². The van der Waals surface area contributed by atoms with Gasteiger partial charge >= 0.3 is 0 Å². The molecule has 0 saturated heterocycles. The van der Waals surface area contributed by atoms with Gasteiger partial charge in [-0.25, -0.2) is 0 Å². The van der Waals surface area contributed by atoms with E-state index >= 15 is 0 Å². The molecule has 0 heterocycles. The van der Waals surface area contributed by atoms with E-state index < -0.39 is 0 Å². The fourth-order valence-corrected chi connectivity index (χ4v) is 2.70. The van der Waals surface area contributed by atoms with Crippen molar-refractivity contribution in [1.82, 2.24) is 5.32 Å². The molecular formula is C19H39NO. The normalized spacial score (nSPS) is 14.7. The Hall–Kier alpha value is -0.0800. The maximum Gasteiger partial charge on any atom is 0.0494 e. The molecule has 2 nitrogen and oxygen atoms in total. The van der Waals surface area contributed by atoms with E-state index in [0.717, 1.165) is 25.7 Å². The van der Waals surface area contributed by atoms with E-state index in [2.05, 4.69) is 12.2 Å². The third-order valence-electron chi connectivity index (χ3n) is 4.40. The van der Waals surface area contributed by atoms with E-state index in [4.69, 9.17) is 4.74 Å². The Bertz CT molecular complexity index is 204. The predicted octanol–water partition coefficient (Wildman–Crippen LogP) is 5.31. The van der Waals surface area contributed by atoms with Gasteiger partial charge in [0.05, 0.1) is 0 Å². The van der Waals surface area contributed by atoms with Crippen molar-refractivity contribution in [1.29, 1.82) is 0 Å². The molecule has 0 bridgehead atoms. The van der Waals surface area contributed by atoms with Crippen LogP contribution < -0.4 is 5.32 Å². The molecule has 1 N–H and O–H groups in total. The summed E-state index contributed by atoms with van der Waals surface area (Å²) in [6.07, 6.45) is 18.2. The standard InChI is InChI=1S/C19H39NO/c1-2-3-4-5-6-7-8-9-10-11-15-20-16-12-17-21-18-19-13-14-19/h19-20H,2-18H2,1H3. The van der Waals surface area contributed by atoms with Crippen LogP contribution in [0.5, 0.6) is 0 Å². The summed E-state index contributed by atoms with van der Waals surface area (Å²) in [5, 5.41) is 3.53. The van der Waals surface area contributed by atoms with Crippen molar-refractivity contribution < 1.29 is 4.74 Å². The van der Waals surface area contributed by atoms with Crippen LogP contribution in [0.15, 0.2) is 0 Å². The molecule has 0 aromatic rings. The molecule has 1 aliphatic carbocycles. The zero-order chi connectivity index (χ0) is 15.0. The SMILES string of the molecule is CCCCCCCCCCCCNCCCOCC1CC1. The molecule has 0 aliphatic heterocycles. The fourth-order valence-electron chi connectivity index (χ4n) is 2.70. The minimum absolute atomic E-state index is 0.907. The summed E-state index contributed by atoms with van der Waals surface area (Å²) in [4.78, 5) is 0.